The van der Waals surface area contributed by atoms with Gasteiger partial charge in [0.15, 0.2) is 5.69 Å². The monoisotopic (exact) mass is 391 g/mol. The first-order valence-corrected chi connectivity index (χ1v) is 9.32. The maximum absolute atomic E-state index is 13.5. The van der Waals surface area contributed by atoms with Crippen LogP contribution < -0.4 is 5.14 Å². The first kappa shape index (κ1) is 17.5. The largest absolute Gasteiger partial charge is 0.435 e. The van der Waals surface area contributed by atoms with E-state index in [-0.39, 0.29) is 10.3 Å². The molecule has 4 aromatic rings. The topological polar surface area (TPSA) is 78.0 Å². The lowest BCUT2D eigenvalue weighted by molar-refractivity contribution is -0.140. The number of hydrogen-bond acceptors (Lipinski definition) is 3. The van der Waals surface area contributed by atoms with Crippen molar-refractivity contribution in [1.29, 1.82) is 0 Å². The van der Waals surface area contributed by atoms with E-state index in [1.54, 1.807) is 30.3 Å². The molecule has 2 N–H and O–H groups in total. The minimum atomic E-state index is -4.63. The molecule has 4 rings (SSSR count). The highest BCUT2D eigenvalue weighted by molar-refractivity contribution is 7.89. The second-order valence-electron chi connectivity index (χ2n) is 5.98. The predicted octanol–water partition coefficient (Wildman–Crippen LogP) is 3.84. The van der Waals surface area contributed by atoms with Crippen molar-refractivity contribution >= 4 is 31.7 Å². The van der Waals surface area contributed by atoms with Gasteiger partial charge in [-0.05, 0) is 35.7 Å². The van der Waals surface area contributed by atoms with Crippen LogP contribution in [-0.2, 0) is 16.2 Å². The van der Waals surface area contributed by atoms with Gasteiger partial charge in [-0.3, -0.25) is 0 Å². The lowest BCUT2D eigenvalue weighted by atomic mass is 10.1. The lowest BCUT2D eigenvalue weighted by Crippen LogP contribution is -2.12. The Morgan fingerprint density at radius 2 is 1.56 bits per heavy atom. The standard InChI is InChI=1S/C18H12F3N3O2S/c19-18(20,21)17-15-10-5-11-3-1-2-4-14(11)16(15)24(23-17)12-6-8-13(9-7-12)27(22,25)26/h1-10H,(H2,22,25,26). The molecule has 5 nitrogen and oxygen atoms in total. The van der Waals surface area contributed by atoms with E-state index < -0.39 is 21.9 Å². The molecule has 9 heteroatoms. The molecule has 0 saturated carbocycles. The fourth-order valence-corrected chi connectivity index (χ4v) is 3.57. The Kier molecular flexibility index (Phi) is 3.76. The molecule has 0 spiro atoms. The highest BCUT2D eigenvalue weighted by Gasteiger charge is 2.37. The van der Waals surface area contributed by atoms with Crippen molar-refractivity contribution in [1.82, 2.24) is 9.78 Å². The molecule has 0 aliphatic rings. The molecule has 1 aromatic heterocycles. The van der Waals surface area contributed by atoms with Crippen LogP contribution >= 0.6 is 0 Å². The zero-order chi connectivity index (χ0) is 19.4. The molecule has 0 atom stereocenters. The minimum Gasteiger partial charge on any atom is -0.232 e. The summed E-state index contributed by atoms with van der Waals surface area (Å²) in [6.07, 6.45) is -4.63. The van der Waals surface area contributed by atoms with Crippen LogP contribution in [0.2, 0.25) is 0 Å². The maximum Gasteiger partial charge on any atom is 0.435 e. The Hall–Kier alpha value is -2.91. The number of nitrogens with zero attached hydrogens (tertiary/aromatic N) is 2. The number of aromatic nitrogens is 2. The van der Waals surface area contributed by atoms with E-state index >= 15 is 0 Å². The summed E-state index contributed by atoms with van der Waals surface area (Å²) >= 11 is 0. The highest BCUT2D eigenvalue weighted by Crippen LogP contribution is 2.37. The Bertz CT molecular complexity index is 1280. The summed E-state index contributed by atoms with van der Waals surface area (Å²) in [6.45, 7) is 0. The first-order chi connectivity index (χ1) is 12.7. The smallest absolute Gasteiger partial charge is 0.232 e. The fraction of sp³-hybridized carbons (Fsp3) is 0.0556. The molecular formula is C18H12F3N3O2S. The maximum atomic E-state index is 13.5. The van der Waals surface area contributed by atoms with Crippen LogP contribution in [0.5, 0.6) is 0 Å². The van der Waals surface area contributed by atoms with Crippen LogP contribution in [0.4, 0.5) is 13.2 Å². The minimum absolute atomic E-state index is 0.0308. The Morgan fingerprint density at radius 1 is 0.889 bits per heavy atom. The Balaban J connectivity index is 2.06. The van der Waals surface area contributed by atoms with Crippen molar-refractivity contribution in [3.63, 3.8) is 0 Å². The van der Waals surface area contributed by atoms with Crippen molar-refractivity contribution in [2.24, 2.45) is 5.14 Å². The van der Waals surface area contributed by atoms with Gasteiger partial charge < -0.3 is 0 Å². The number of primary sulfonamides is 1. The van der Waals surface area contributed by atoms with Crippen LogP contribution in [0.1, 0.15) is 5.69 Å². The van der Waals surface area contributed by atoms with E-state index in [1.807, 2.05) is 0 Å². The summed E-state index contributed by atoms with van der Waals surface area (Å²) in [5.74, 6) is 0. The zero-order valence-corrected chi connectivity index (χ0v) is 14.4. The fourth-order valence-electron chi connectivity index (χ4n) is 3.05. The number of alkyl halides is 3. The van der Waals surface area contributed by atoms with Crippen molar-refractivity contribution in [2.75, 3.05) is 0 Å². The Labute approximate surface area is 151 Å². The average molecular weight is 391 g/mol. The van der Waals surface area contributed by atoms with Gasteiger partial charge in [0.05, 0.1) is 16.1 Å². The molecule has 0 aliphatic heterocycles. The molecule has 138 valence electrons. The lowest BCUT2D eigenvalue weighted by Gasteiger charge is -2.07. The Morgan fingerprint density at radius 3 is 2.19 bits per heavy atom. The first-order valence-electron chi connectivity index (χ1n) is 7.77. The van der Waals surface area contributed by atoms with Crippen LogP contribution in [0, 0.1) is 0 Å². The van der Waals surface area contributed by atoms with Gasteiger partial charge in [0.1, 0.15) is 0 Å². The summed E-state index contributed by atoms with van der Waals surface area (Å²) in [6, 6.07) is 15.2. The quantitative estimate of drug-likeness (QED) is 0.564. The average Bonchev–Trinajstić information content (AvgIpc) is 3.01. The molecule has 0 saturated heterocycles. The van der Waals surface area contributed by atoms with Crippen molar-refractivity contribution in [2.45, 2.75) is 11.1 Å². The molecular weight excluding hydrogens is 379 g/mol. The van der Waals surface area contributed by atoms with E-state index in [0.717, 1.165) is 5.39 Å². The number of benzene rings is 3. The van der Waals surface area contributed by atoms with E-state index in [1.165, 1.54) is 35.0 Å². The van der Waals surface area contributed by atoms with E-state index in [0.29, 0.717) is 16.6 Å². The number of fused-ring (bicyclic) bond motifs is 3. The van der Waals surface area contributed by atoms with Crippen LogP contribution in [0.3, 0.4) is 0 Å². The molecule has 0 fully saturated rings. The van der Waals surface area contributed by atoms with E-state index in [9.17, 15) is 21.6 Å². The molecule has 27 heavy (non-hydrogen) atoms. The van der Waals surface area contributed by atoms with E-state index in [2.05, 4.69) is 5.10 Å². The molecule has 1 heterocycles. The third kappa shape index (κ3) is 2.94. The van der Waals surface area contributed by atoms with Gasteiger partial charge in [0.25, 0.3) is 0 Å². The van der Waals surface area contributed by atoms with Crippen LogP contribution in [0.15, 0.2) is 65.6 Å². The van der Waals surface area contributed by atoms with Gasteiger partial charge in [-0.1, -0.05) is 30.3 Å². The third-order valence-electron chi connectivity index (χ3n) is 4.25. The molecule has 0 amide bonds. The van der Waals surface area contributed by atoms with Gasteiger partial charge in [-0.15, -0.1) is 0 Å². The SMILES string of the molecule is NS(=O)(=O)c1ccc(-n2nc(C(F)(F)F)c3ccc4ccccc4c32)cc1. The number of halogens is 3. The number of rotatable bonds is 2. The molecule has 0 aliphatic carbocycles. The second-order valence-corrected chi connectivity index (χ2v) is 7.54. The van der Waals surface area contributed by atoms with Gasteiger partial charge in [-0.25, -0.2) is 18.2 Å². The van der Waals surface area contributed by atoms with Gasteiger partial charge in [0.2, 0.25) is 10.0 Å². The third-order valence-corrected chi connectivity index (χ3v) is 5.18. The normalized spacial score (nSPS) is 12.7. The zero-order valence-electron chi connectivity index (χ0n) is 13.6. The van der Waals surface area contributed by atoms with Crippen LogP contribution in [-0.4, -0.2) is 18.2 Å². The highest BCUT2D eigenvalue weighted by atomic mass is 32.2. The van der Waals surface area contributed by atoms with Gasteiger partial charge >= 0.3 is 6.18 Å². The van der Waals surface area contributed by atoms with Crippen molar-refractivity contribution in [3.8, 4) is 5.69 Å². The summed E-state index contributed by atoms with van der Waals surface area (Å²) in [5, 5.41) is 10.2. The molecule has 0 bridgehead atoms. The van der Waals surface area contributed by atoms with Gasteiger partial charge in [-0.2, -0.15) is 18.3 Å². The molecule has 0 unspecified atom stereocenters. The van der Waals surface area contributed by atoms with Crippen LogP contribution in [0.25, 0.3) is 27.4 Å². The van der Waals surface area contributed by atoms with Crippen molar-refractivity contribution in [3.05, 3.63) is 66.4 Å². The molecule has 0 radical (unpaired) electrons. The number of nitrogens with two attached hydrogens (primary N) is 1. The number of hydrogen-bond donors (Lipinski definition) is 1. The summed E-state index contributed by atoms with van der Waals surface area (Å²) < 4.78 is 64.5. The van der Waals surface area contributed by atoms with E-state index in [4.69, 9.17) is 5.14 Å². The van der Waals surface area contributed by atoms with Gasteiger partial charge in [0, 0.05) is 10.8 Å². The summed E-state index contributed by atoms with van der Waals surface area (Å²) in [7, 11) is -3.91. The number of sulfonamides is 1. The second kappa shape index (κ2) is 5.80. The summed E-state index contributed by atoms with van der Waals surface area (Å²) in [5.41, 5.74) is -0.415. The van der Waals surface area contributed by atoms with Crippen molar-refractivity contribution < 1.29 is 21.6 Å². The summed E-state index contributed by atoms with van der Waals surface area (Å²) in [4.78, 5) is -0.136. The molecule has 3 aromatic carbocycles. The predicted molar refractivity (Wildman–Crippen MR) is 95.0 cm³/mol.